The predicted molar refractivity (Wildman–Crippen MR) is 60.9 cm³/mol. The van der Waals surface area contributed by atoms with Crippen molar-refractivity contribution < 1.29 is 4.79 Å². The van der Waals surface area contributed by atoms with E-state index in [9.17, 15) is 4.79 Å². The zero-order valence-corrected chi connectivity index (χ0v) is 8.92. The first-order valence-electron chi connectivity index (χ1n) is 5.40. The molecule has 0 radical (unpaired) electrons. The Hall–Kier alpha value is -1.35. The molecule has 0 saturated carbocycles. The molecule has 3 nitrogen and oxygen atoms in total. The fourth-order valence-corrected chi connectivity index (χ4v) is 2.16. The van der Waals surface area contributed by atoms with Gasteiger partial charge in [0.2, 0.25) is 5.91 Å². The van der Waals surface area contributed by atoms with E-state index in [1.807, 2.05) is 12.1 Å². The fourth-order valence-electron chi connectivity index (χ4n) is 2.16. The zero-order chi connectivity index (χ0) is 10.8. The average Bonchev–Trinajstić information content (AvgIpc) is 2.56. The van der Waals surface area contributed by atoms with Crippen molar-refractivity contribution in [3.8, 4) is 0 Å². The first-order valence-corrected chi connectivity index (χ1v) is 5.40. The van der Waals surface area contributed by atoms with Gasteiger partial charge in [-0.15, -0.1) is 0 Å². The maximum absolute atomic E-state index is 11.7. The summed E-state index contributed by atoms with van der Waals surface area (Å²) in [4.78, 5) is 11.7. The number of anilines is 1. The zero-order valence-electron chi connectivity index (χ0n) is 8.92. The van der Waals surface area contributed by atoms with Crippen LogP contribution in [-0.4, -0.2) is 12.5 Å². The highest BCUT2D eigenvalue weighted by atomic mass is 16.2. The summed E-state index contributed by atoms with van der Waals surface area (Å²) in [6, 6.07) is 6.10. The van der Waals surface area contributed by atoms with Crippen LogP contribution in [0.3, 0.4) is 0 Å². The SMILES string of the molecule is CCc1cccc2c1NC(=O)C2CCN. The Morgan fingerprint density at radius 3 is 2.93 bits per heavy atom. The van der Waals surface area contributed by atoms with Gasteiger partial charge in [0.15, 0.2) is 0 Å². The third kappa shape index (κ3) is 1.63. The van der Waals surface area contributed by atoms with Crippen LogP contribution >= 0.6 is 0 Å². The number of para-hydroxylation sites is 1. The van der Waals surface area contributed by atoms with Crippen LogP contribution in [-0.2, 0) is 11.2 Å². The lowest BCUT2D eigenvalue weighted by atomic mass is 9.95. The molecular weight excluding hydrogens is 188 g/mol. The van der Waals surface area contributed by atoms with E-state index >= 15 is 0 Å². The molecule has 1 aliphatic heterocycles. The van der Waals surface area contributed by atoms with E-state index in [2.05, 4.69) is 18.3 Å². The number of hydrogen-bond donors (Lipinski definition) is 2. The van der Waals surface area contributed by atoms with Crippen molar-refractivity contribution in [1.29, 1.82) is 0 Å². The van der Waals surface area contributed by atoms with Crippen molar-refractivity contribution >= 4 is 11.6 Å². The molecule has 1 aliphatic rings. The Kier molecular flexibility index (Phi) is 2.73. The first kappa shape index (κ1) is 10.2. The number of hydrogen-bond acceptors (Lipinski definition) is 2. The number of aryl methyl sites for hydroxylation is 1. The maximum Gasteiger partial charge on any atom is 0.232 e. The van der Waals surface area contributed by atoms with E-state index in [-0.39, 0.29) is 11.8 Å². The quantitative estimate of drug-likeness (QED) is 0.786. The van der Waals surface area contributed by atoms with Gasteiger partial charge in [-0.2, -0.15) is 0 Å². The van der Waals surface area contributed by atoms with E-state index in [0.717, 1.165) is 24.1 Å². The van der Waals surface area contributed by atoms with Crippen LogP contribution in [0, 0.1) is 0 Å². The van der Waals surface area contributed by atoms with Crippen molar-refractivity contribution in [2.45, 2.75) is 25.7 Å². The Morgan fingerprint density at radius 2 is 2.27 bits per heavy atom. The molecule has 0 aliphatic carbocycles. The van der Waals surface area contributed by atoms with Gasteiger partial charge >= 0.3 is 0 Å². The van der Waals surface area contributed by atoms with Crippen molar-refractivity contribution in [2.75, 3.05) is 11.9 Å². The Morgan fingerprint density at radius 1 is 1.47 bits per heavy atom. The van der Waals surface area contributed by atoms with Crippen LogP contribution in [0.15, 0.2) is 18.2 Å². The number of nitrogens with one attached hydrogen (secondary N) is 1. The summed E-state index contributed by atoms with van der Waals surface area (Å²) in [6.07, 6.45) is 1.67. The number of fused-ring (bicyclic) bond motifs is 1. The van der Waals surface area contributed by atoms with Gasteiger partial charge in [0.05, 0.1) is 5.92 Å². The lowest BCUT2D eigenvalue weighted by Gasteiger charge is -2.07. The summed E-state index contributed by atoms with van der Waals surface area (Å²) < 4.78 is 0. The molecule has 0 saturated heterocycles. The molecule has 1 aromatic carbocycles. The molecule has 1 unspecified atom stereocenters. The van der Waals surface area contributed by atoms with E-state index in [4.69, 9.17) is 5.73 Å². The second-order valence-electron chi connectivity index (χ2n) is 3.85. The monoisotopic (exact) mass is 204 g/mol. The van der Waals surface area contributed by atoms with Gasteiger partial charge in [-0.05, 0) is 30.5 Å². The van der Waals surface area contributed by atoms with Gasteiger partial charge in [-0.3, -0.25) is 4.79 Å². The molecule has 3 heteroatoms. The van der Waals surface area contributed by atoms with Crippen LogP contribution in [0.5, 0.6) is 0 Å². The molecule has 1 atom stereocenters. The van der Waals surface area contributed by atoms with Crippen LogP contribution in [0.4, 0.5) is 5.69 Å². The highest BCUT2D eigenvalue weighted by Gasteiger charge is 2.30. The standard InChI is InChI=1S/C12H16N2O/c1-2-8-4-3-5-9-10(6-7-13)12(15)14-11(8)9/h3-5,10H,2,6-7,13H2,1H3,(H,14,15). The minimum atomic E-state index is -0.0449. The second-order valence-corrected chi connectivity index (χ2v) is 3.85. The van der Waals surface area contributed by atoms with Crippen LogP contribution in [0.1, 0.15) is 30.4 Å². The Balaban J connectivity index is 2.41. The van der Waals surface area contributed by atoms with E-state index in [0.29, 0.717) is 6.54 Å². The number of nitrogens with two attached hydrogens (primary N) is 1. The third-order valence-corrected chi connectivity index (χ3v) is 2.96. The Bertz CT molecular complexity index is 387. The molecule has 2 rings (SSSR count). The predicted octanol–water partition coefficient (Wildman–Crippen LogP) is 1.63. The van der Waals surface area contributed by atoms with Gasteiger partial charge in [-0.1, -0.05) is 25.1 Å². The molecule has 1 aromatic rings. The van der Waals surface area contributed by atoms with Gasteiger partial charge in [0, 0.05) is 5.69 Å². The summed E-state index contributed by atoms with van der Waals surface area (Å²) in [7, 11) is 0. The smallest absolute Gasteiger partial charge is 0.232 e. The minimum absolute atomic E-state index is 0.0449. The van der Waals surface area contributed by atoms with E-state index in [1.165, 1.54) is 5.56 Å². The van der Waals surface area contributed by atoms with Crippen molar-refractivity contribution in [3.05, 3.63) is 29.3 Å². The fraction of sp³-hybridized carbons (Fsp3) is 0.417. The molecular formula is C12H16N2O. The first-order chi connectivity index (χ1) is 7.27. The summed E-state index contributed by atoms with van der Waals surface area (Å²) in [6.45, 7) is 2.64. The Labute approximate surface area is 89.7 Å². The molecule has 0 bridgehead atoms. The van der Waals surface area contributed by atoms with Crippen molar-refractivity contribution in [3.63, 3.8) is 0 Å². The normalized spacial score (nSPS) is 18.8. The van der Waals surface area contributed by atoms with E-state index < -0.39 is 0 Å². The minimum Gasteiger partial charge on any atom is -0.330 e. The van der Waals surface area contributed by atoms with Crippen molar-refractivity contribution in [1.82, 2.24) is 0 Å². The van der Waals surface area contributed by atoms with Gasteiger partial charge in [-0.25, -0.2) is 0 Å². The molecule has 15 heavy (non-hydrogen) atoms. The number of carbonyl (C=O) groups is 1. The molecule has 1 heterocycles. The molecule has 80 valence electrons. The van der Waals surface area contributed by atoms with Gasteiger partial charge in [0.25, 0.3) is 0 Å². The van der Waals surface area contributed by atoms with E-state index in [1.54, 1.807) is 0 Å². The highest BCUT2D eigenvalue weighted by molar-refractivity contribution is 6.03. The summed E-state index contributed by atoms with van der Waals surface area (Å²) in [5.41, 5.74) is 8.86. The lowest BCUT2D eigenvalue weighted by Crippen LogP contribution is -2.15. The summed E-state index contributed by atoms with van der Waals surface area (Å²) >= 11 is 0. The van der Waals surface area contributed by atoms with Gasteiger partial charge in [0.1, 0.15) is 0 Å². The van der Waals surface area contributed by atoms with Crippen LogP contribution in [0.2, 0.25) is 0 Å². The number of amides is 1. The highest BCUT2D eigenvalue weighted by Crippen LogP contribution is 2.36. The molecule has 0 spiro atoms. The third-order valence-electron chi connectivity index (χ3n) is 2.96. The molecule has 3 N–H and O–H groups in total. The maximum atomic E-state index is 11.7. The largest absolute Gasteiger partial charge is 0.330 e. The molecule has 0 fully saturated rings. The van der Waals surface area contributed by atoms with Crippen LogP contribution in [0.25, 0.3) is 0 Å². The lowest BCUT2D eigenvalue weighted by molar-refractivity contribution is -0.117. The van der Waals surface area contributed by atoms with Gasteiger partial charge < -0.3 is 11.1 Å². The molecule has 1 amide bonds. The second kappa shape index (κ2) is 4.03. The average molecular weight is 204 g/mol. The summed E-state index contributed by atoms with van der Waals surface area (Å²) in [5.74, 6) is 0.0489. The number of rotatable bonds is 3. The topological polar surface area (TPSA) is 55.1 Å². The molecule has 0 aromatic heterocycles. The van der Waals surface area contributed by atoms with Crippen LogP contribution < -0.4 is 11.1 Å². The summed E-state index contributed by atoms with van der Waals surface area (Å²) in [5, 5.41) is 2.96. The van der Waals surface area contributed by atoms with Crippen molar-refractivity contribution in [2.24, 2.45) is 5.73 Å². The number of carbonyl (C=O) groups excluding carboxylic acids is 1. The number of benzene rings is 1.